The summed E-state index contributed by atoms with van der Waals surface area (Å²) < 4.78 is 27.4. The van der Waals surface area contributed by atoms with E-state index in [2.05, 4.69) is 20.4 Å². The van der Waals surface area contributed by atoms with E-state index in [1.54, 1.807) is 13.0 Å². The molecule has 8 nitrogen and oxygen atoms in total. The number of nitro groups is 1. The molecule has 0 atom stereocenters. The molecule has 0 spiro atoms. The van der Waals surface area contributed by atoms with Crippen LogP contribution in [0.5, 0.6) is 0 Å². The molecular formula is C14H10F2N6O2. The second-order valence-corrected chi connectivity index (χ2v) is 4.85. The Balaban J connectivity index is 1.93. The Bertz CT molecular complexity index is 927. The SMILES string of the molecule is Cc1cc(Nc2ccc(F)c(F)c2)nc(-n2cc([N+](=O)[O-])cn2)n1. The van der Waals surface area contributed by atoms with Gasteiger partial charge in [-0.05, 0) is 19.1 Å². The molecule has 0 radical (unpaired) electrons. The quantitative estimate of drug-likeness (QED) is 0.582. The second kappa shape index (κ2) is 5.99. The maximum absolute atomic E-state index is 13.3. The van der Waals surface area contributed by atoms with Crippen LogP contribution in [0.3, 0.4) is 0 Å². The summed E-state index contributed by atoms with van der Waals surface area (Å²) in [5, 5.41) is 17.4. The minimum absolute atomic E-state index is 0.105. The van der Waals surface area contributed by atoms with Crippen molar-refractivity contribution >= 4 is 17.2 Å². The van der Waals surface area contributed by atoms with Gasteiger partial charge in [-0.25, -0.2) is 13.8 Å². The van der Waals surface area contributed by atoms with E-state index in [4.69, 9.17) is 0 Å². The zero-order valence-electron chi connectivity index (χ0n) is 12.3. The van der Waals surface area contributed by atoms with Gasteiger partial charge in [0.15, 0.2) is 11.6 Å². The van der Waals surface area contributed by atoms with Crippen LogP contribution >= 0.6 is 0 Å². The van der Waals surface area contributed by atoms with E-state index >= 15 is 0 Å². The van der Waals surface area contributed by atoms with Gasteiger partial charge in [0.2, 0.25) is 0 Å². The Morgan fingerprint density at radius 1 is 1.21 bits per heavy atom. The largest absolute Gasteiger partial charge is 0.340 e. The van der Waals surface area contributed by atoms with Gasteiger partial charge in [0.25, 0.3) is 5.95 Å². The number of nitrogens with zero attached hydrogens (tertiary/aromatic N) is 5. The van der Waals surface area contributed by atoms with Crippen LogP contribution in [0.1, 0.15) is 5.69 Å². The number of halogens is 2. The molecule has 0 unspecified atom stereocenters. The molecule has 3 aromatic rings. The van der Waals surface area contributed by atoms with Crippen molar-refractivity contribution in [3.8, 4) is 5.95 Å². The van der Waals surface area contributed by atoms with Crippen LogP contribution < -0.4 is 5.32 Å². The fraction of sp³-hybridized carbons (Fsp3) is 0.0714. The van der Waals surface area contributed by atoms with Gasteiger partial charge in [0.05, 0.1) is 4.92 Å². The summed E-state index contributed by atoms with van der Waals surface area (Å²) >= 11 is 0. The maximum atomic E-state index is 13.3. The summed E-state index contributed by atoms with van der Waals surface area (Å²) in [5.41, 5.74) is 0.655. The molecule has 0 bridgehead atoms. The fourth-order valence-electron chi connectivity index (χ4n) is 1.96. The van der Waals surface area contributed by atoms with Gasteiger partial charge < -0.3 is 5.32 Å². The molecule has 0 saturated heterocycles. The van der Waals surface area contributed by atoms with Gasteiger partial charge in [-0.15, -0.1) is 0 Å². The van der Waals surface area contributed by atoms with E-state index < -0.39 is 16.6 Å². The number of hydrogen-bond donors (Lipinski definition) is 1. The van der Waals surface area contributed by atoms with Crippen molar-refractivity contribution in [3.63, 3.8) is 0 Å². The van der Waals surface area contributed by atoms with E-state index in [1.807, 2.05) is 0 Å². The lowest BCUT2D eigenvalue weighted by atomic mass is 10.3. The van der Waals surface area contributed by atoms with Crippen LogP contribution in [-0.4, -0.2) is 24.7 Å². The van der Waals surface area contributed by atoms with Gasteiger partial charge in [0, 0.05) is 23.5 Å². The molecule has 1 aromatic carbocycles. The van der Waals surface area contributed by atoms with Crippen LogP contribution in [0.2, 0.25) is 0 Å². The molecule has 0 saturated carbocycles. The summed E-state index contributed by atoms with van der Waals surface area (Å²) in [6, 6.07) is 4.92. The normalized spacial score (nSPS) is 10.6. The van der Waals surface area contributed by atoms with Crippen molar-refractivity contribution in [2.75, 3.05) is 5.32 Å². The summed E-state index contributed by atoms with van der Waals surface area (Å²) in [6.45, 7) is 1.69. The minimum atomic E-state index is -0.992. The molecule has 0 amide bonds. The molecule has 122 valence electrons. The molecule has 3 rings (SSSR count). The lowest BCUT2D eigenvalue weighted by molar-refractivity contribution is -0.384. The first-order chi connectivity index (χ1) is 11.4. The van der Waals surface area contributed by atoms with E-state index in [1.165, 1.54) is 12.3 Å². The van der Waals surface area contributed by atoms with Gasteiger partial charge in [-0.1, -0.05) is 0 Å². The molecule has 1 N–H and O–H groups in total. The van der Waals surface area contributed by atoms with E-state index in [9.17, 15) is 18.9 Å². The highest BCUT2D eigenvalue weighted by Crippen LogP contribution is 2.19. The minimum Gasteiger partial charge on any atom is -0.340 e. The third kappa shape index (κ3) is 3.16. The van der Waals surface area contributed by atoms with Crippen LogP contribution in [-0.2, 0) is 0 Å². The zero-order chi connectivity index (χ0) is 17.3. The summed E-state index contributed by atoms with van der Waals surface area (Å²) in [4.78, 5) is 18.4. The Kier molecular flexibility index (Phi) is 3.86. The van der Waals surface area contributed by atoms with Crippen molar-refractivity contribution in [1.29, 1.82) is 0 Å². The molecule has 0 aliphatic carbocycles. The Morgan fingerprint density at radius 3 is 2.67 bits per heavy atom. The number of rotatable bonds is 4. The monoisotopic (exact) mass is 332 g/mol. The van der Waals surface area contributed by atoms with E-state index in [0.717, 1.165) is 23.0 Å². The highest BCUT2D eigenvalue weighted by Gasteiger charge is 2.13. The molecule has 24 heavy (non-hydrogen) atoms. The van der Waals surface area contributed by atoms with Gasteiger partial charge >= 0.3 is 5.69 Å². The van der Waals surface area contributed by atoms with Crippen LogP contribution in [0.4, 0.5) is 26.0 Å². The number of anilines is 2. The molecule has 0 fully saturated rings. The first-order valence-electron chi connectivity index (χ1n) is 6.69. The predicted octanol–water partition coefficient (Wildman–Crippen LogP) is 2.90. The average molecular weight is 332 g/mol. The van der Waals surface area contributed by atoms with E-state index in [0.29, 0.717) is 17.2 Å². The molecule has 0 aliphatic rings. The number of aryl methyl sites for hydroxylation is 1. The average Bonchev–Trinajstić information content (AvgIpc) is 3.01. The van der Waals surface area contributed by atoms with Gasteiger partial charge in [-0.3, -0.25) is 10.1 Å². The fourth-order valence-corrected chi connectivity index (χ4v) is 1.96. The first-order valence-corrected chi connectivity index (χ1v) is 6.69. The number of hydrogen-bond acceptors (Lipinski definition) is 6. The maximum Gasteiger partial charge on any atom is 0.307 e. The van der Waals surface area contributed by atoms with Crippen molar-refractivity contribution in [1.82, 2.24) is 19.7 Å². The number of benzene rings is 1. The lowest BCUT2D eigenvalue weighted by Crippen LogP contribution is -2.06. The summed E-state index contributed by atoms with van der Waals surface area (Å²) in [5.74, 6) is -1.53. The third-order valence-electron chi connectivity index (χ3n) is 3.02. The van der Waals surface area contributed by atoms with Crippen LogP contribution in [0.15, 0.2) is 36.7 Å². The molecule has 2 heterocycles. The van der Waals surface area contributed by atoms with Gasteiger partial charge in [-0.2, -0.15) is 14.8 Å². The standard InChI is InChI=1S/C14H10F2N6O2/c1-8-4-13(19-9-2-3-11(15)12(16)5-9)20-14(18-8)21-7-10(6-17-21)22(23)24/h2-7H,1H3,(H,18,19,20). The van der Waals surface area contributed by atoms with Gasteiger partial charge in [0.1, 0.15) is 18.2 Å². The van der Waals surface area contributed by atoms with E-state index in [-0.39, 0.29) is 11.6 Å². The van der Waals surface area contributed by atoms with Crippen molar-refractivity contribution < 1.29 is 13.7 Å². The van der Waals surface area contributed by atoms with Crippen molar-refractivity contribution in [3.05, 3.63) is 64.1 Å². The van der Waals surface area contributed by atoms with Crippen LogP contribution in [0.25, 0.3) is 5.95 Å². The van der Waals surface area contributed by atoms with Crippen molar-refractivity contribution in [2.45, 2.75) is 6.92 Å². The lowest BCUT2D eigenvalue weighted by Gasteiger charge is -2.08. The smallest absolute Gasteiger partial charge is 0.307 e. The van der Waals surface area contributed by atoms with Crippen LogP contribution in [0, 0.1) is 28.7 Å². The molecule has 0 aliphatic heterocycles. The summed E-state index contributed by atoms with van der Waals surface area (Å²) in [7, 11) is 0. The highest BCUT2D eigenvalue weighted by molar-refractivity contribution is 5.56. The first kappa shape index (κ1) is 15.5. The highest BCUT2D eigenvalue weighted by atomic mass is 19.2. The third-order valence-corrected chi connectivity index (χ3v) is 3.02. The Morgan fingerprint density at radius 2 is 2.00 bits per heavy atom. The summed E-state index contributed by atoms with van der Waals surface area (Å²) in [6.07, 6.45) is 2.25. The Hall–Kier alpha value is -3.43. The second-order valence-electron chi connectivity index (χ2n) is 4.85. The Labute approximate surface area is 133 Å². The number of nitrogens with one attached hydrogen (secondary N) is 1. The molecular weight excluding hydrogens is 322 g/mol. The molecule has 2 aromatic heterocycles. The molecule has 10 heteroatoms. The zero-order valence-corrected chi connectivity index (χ0v) is 12.3. The number of aromatic nitrogens is 4. The topological polar surface area (TPSA) is 98.8 Å². The van der Waals surface area contributed by atoms with Crippen molar-refractivity contribution in [2.24, 2.45) is 0 Å². The predicted molar refractivity (Wildman–Crippen MR) is 80.2 cm³/mol.